The minimum atomic E-state index is -0.677. The molecule has 0 aliphatic heterocycles. The number of nitrogens with two attached hydrogens (primary N) is 2. The summed E-state index contributed by atoms with van der Waals surface area (Å²) in [5.41, 5.74) is 13.1. The maximum atomic E-state index is 14.2. The number of fused-ring (bicyclic) bond motifs is 2. The highest BCUT2D eigenvalue weighted by atomic mass is 35.5. The molecule has 1 unspecified atom stereocenters. The number of rotatable bonds is 4. The van der Waals surface area contributed by atoms with Crippen molar-refractivity contribution in [2.45, 2.75) is 13.0 Å². The average molecular weight is 552 g/mol. The summed E-state index contributed by atoms with van der Waals surface area (Å²) in [6, 6.07) is 10.0. The molecule has 0 aliphatic rings. The SMILES string of the molecule is CC(c1oc(=O)c2ccccc2c1-c1cnc(N)s1)n1nc(-c2cc(O)cc(F)c2)c2c(N)ncnc21.Cl. The number of halogens is 2. The van der Waals surface area contributed by atoms with Crippen molar-refractivity contribution in [2.24, 2.45) is 0 Å². The fraction of sp³-hybridized carbons (Fsp3) is 0.0800. The van der Waals surface area contributed by atoms with Crippen LogP contribution in [0.2, 0.25) is 0 Å². The Kier molecular flexibility index (Phi) is 6.21. The molecule has 5 N–H and O–H groups in total. The molecule has 0 saturated heterocycles. The number of phenolic OH excluding ortho intramolecular Hbond substituents is 1. The van der Waals surface area contributed by atoms with Crippen LogP contribution in [0.25, 0.3) is 43.5 Å². The van der Waals surface area contributed by atoms with Crippen LogP contribution >= 0.6 is 23.7 Å². The third-order valence-corrected chi connectivity index (χ3v) is 6.90. The van der Waals surface area contributed by atoms with Crippen molar-refractivity contribution < 1.29 is 13.9 Å². The van der Waals surface area contributed by atoms with Crippen molar-refractivity contribution in [3.8, 4) is 27.4 Å². The van der Waals surface area contributed by atoms with Crippen LogP contribution in [0.3, 0.4) is 0 Å². The maximum Gasteiger partial charge on any atom is 0.343 e. The number of phenols is 1. The Hall–Kier alpha value is -4.55. The Morgan fingerprint density at radius 2 is 1.87 bits per heavy atom. The van der Waals surface area contributed by atoms with Crippen molar-refractivity contribution in [3.63, 3.8) is 0 Å². The molecule has 10 nitrogen and oxygen atoms in total. The lowest BCUT2D eigenvalue weighted by Gasteiger charge is -2.17. The molecule has 6 rings (SSSR count). The number of thiazole rings is 1. The van der Waals surface area contributed by atoms with Gasteiger partial charge in [-0.1, -0.05) is 29.5 Å². The van der Waals surface area contributed by atoms with Gasteiger partial charge in [0.1, 0.15) is 41.2 Å². The van der Waals surface area contributed by atoms with Crippen molar-refractivity contribution in [2.75, 3.05) is 11.5 Å². The van der Waals surface area contributed by atoms with E-state index < -0.39 is 17.5 Å². The van der Waals surface area contributed by atoms with Gasteiger partial charge in [0, 0.05) is 28.8 Å². The normalized spacial score (nSPS) is 12.1. The van der Waals surface area contributed by atoms with E-state index in [0.29, 0.717) is 43.1 Å². The quantitative estimate of drug-likeness (QED) is 0.280. The van der Waals surface area contributed by atoms with Crippen LogP contribution in [0.5, 0.6) is 5.75 Å². The van der Waals surface area contributed by atoms with E-state index in [4.69, 9.17) is 15.9 Å². The first-order chi connectivity index (χ1) is 17.8. The third kappa shape index (κ3) is 3.99. The second-order valence-corrected chi connectivity index (χ2v) is 9.42. The molecule has 0 aliphatic carbocycles. The number of aromatic nitrogens is 5. The van der Waals surface area contributed by atoms with E-state index in [1.165, 1.54) is 34.5 Å². The van der Waals surface area contributed by atoms with Gasteiger partial charge in [0.25, 0.3) is 0 Å². The lowest BCUT2D eigenvalue weighted by molar-refractivity contribution is 0.405. The van der Waals surface area contributed by atoms with Crippen molar-refractivity contribution in [1.82, 2.24) is 24.7 Å². The van der Waals surface area contributed by atoms with Crippen LogP contribution in [0.15, 0.2) is 64.2 Å². The topological polar surface area (TPSA) is 159 Å². The zero-order valence-corrected chi connectivity index (χ0v) is 21.3. The molecular formula is C25H19ClFN7O3S. The summed E-state index contributed by atoms with van der Waals surface area (Å²) in [5.74, 6) is -0.487. The third-order valence-electron chi connectivity index (χ3n) is 6.06. The highest BCUT2D eigenvalue weighted by molar-refractivity contribution is 7.18. The van der Waals surface area contributed by atoms with E-state index in [1.54, 1.807) is 25.3 Å². The summed E-state index contributed by atoms with van der Waals surface area (Å²) in [6.07, 6.45) is 2.91. The van der Waals surface area contributed by atoms with Crippen LogP contribution in [0, 0.1) is 5.82 Å². The Labute approximate surface area is 223 Å². The Balaban J connectivity index is 0.00000294. The monoisotopic (exact) mass is 551 g/mol. The van der Waals surface area contributed by atoms with E-state index in [9.17, 15) is 14.3 Å². The number of hydrogen-bond donors (Lipinski definition) is 3. The molecule has 0 fully saturated rings. The summed E-state index contributed by atoms with van der Waals surface area (Å²) in [6.45, 7) is 1.79. The van der Waals surface area contributed by atoms with Gasteiger partial charge in [-0.2, -0.15) is 5.10 Å². The molecule has 0 spiro atoms. The predicted molar refractivity (Wildman–Crippen MR) is 146 cm³/mol. The van der Waals surface area contributed by atoms with Gasteiger partial charge in [-0.05, 0) is 25.1 Å². The molecule has 1 atom stereocenters. The zero-order chi connectivity index (χ0) is 25.8. The van der Waals surface area contributed by atoms with E-state index >= 15 is 0 Å². The molecule has 2 aromatic carbocycles. The summed E-state index contributed by atoms with van der Waals surface area (Å²) in [4.78, 5) is 26.3. The standard InChI is InChI=1S/C25H18FN7O3S.ClH/c1-11(21-18(17-9-29-25(28)37-17)15-4-2-3-5-16(15)24(35)36-21)33-23-19(22(27)30-10-31-23)20(32-33)12-6-13(26)8-14(34)7-12;/h2-11,34H,1H3,(H2,28,29)(H2,27,30,31);1H. The number of anilines is 2. The molecule has 0 saturated carbocycles. The molecule has 4 heterocycles. The number of nitrogen functional groups attached to an aromatic ring is 2. The highest BCUT2D eigenvalue weighted by Gasteiger charge is 2.27. The molecule has 0 radical (unpaired) electrons. The van der Waals surface area contributed by atoms with Crippen LogP contribution in [-0.4, -0.2) is 29.8 Å². The Bertz CT molecular complexity index is 1880. The van der Waals surface area contributed by atoms with Crippen LogP contribution in [0.1, 0.15) is 18.7 Å². The summed E-state index contributed by atoms with van der Waals surface area (Å²) < 4.78 is 21.6. The second kappa shape index (κ2) is 9.39. The molecular weight excluding hydrogens is 533 g/mol. The van der Waals surface area contributed by atoms with Gasteiger partial charge < -0.3 is 21.0 Å². The smallest absolute Gasteiger partial charge is 0.343 e. The highest BCUT2D eigenvalue weighted by Crippen LogP contribution is 2.40. The van der Waals surface area contributed by atoms with Gasteiger partial charge in [-0.15, -0.1) is 12.4 Å². The average Bonchev–Trinajstić information content (AvgIpc) is 3.47. The Morgan fingerprint density at radius 1 is 1.11 bits per heavy atom. The molecule has 38 heavy (non-hydrogen) atoms. The van der Waals surface area contributed by atoms with Gasteiger partial charge >= 0.3 is 5.63 Å². The molecule has 13 heteroatoms. The number of hydrogen-bond acceptors (Lipinski definition) is 10. The molecule has 192 valence electrons. The number of benzene rings is 2. The van der Waals surface area contributed by atoms with Crippen molar-refractivity contribution in [1.29, 1.82) is 0 Å². The van der Waals surface area contributed by atoms with Crippen molar-refractivity contribution >= 4 is 56.5 Å². The lowest BCUT2D eigenvalue weighted by atomic mass is 10.0. The largest absolute Gasteiger partial charge is 0.508 e. The van der Waals surface area contributed by atoms with Crippen LogP contribution in [-0.2, 0) is 0 Å². The van der Waals surface area contributed by atoms with E-state index in [-0.39, 0.29) is 35.2 Å². The van der Waals surface area contributed by atoms with Gasteiger partial charge in [0.2, 0.25) is 0 Å². The minimum absolute atomic E-state index is 0. The minimum Gasteiger partial charge on any atom is -0.508 e. The first-order valence-corrected chi connectivity index (χ1v) is 11.9. The first kappa shape index (κ1) is 25.1. The van der Waals surface area contributed by atoms with Gasteiger partial charge in [-0.3, -0.25) is 0 Å². The summed E-state index contributed by atoms with van der Waals surface area (Å²) in [5, 5.41) is 16.5. The second-order valence-electron chi connectivity index (χ2n) is 8.36. The molecule has 6 aromatic rings. The molecule has 4 aromatic heterocycles. The fourth-order valence-corrected chi connectivity index (χ4v) is 5.21. The van der Waals surface area contributed by atoms with Gasteiger partial charge in [0.05, 0.1) is 15.6 Å². The maximum absolute atomic E-state index is 14.2. The number of nitrogens with zero attached hydrogens (tertiary/aromatic N) is 5. The zero-order valence-electron chi connectivity index (χ0n) is 19.6. The summed E-state index contributed by atoms with van der Waals surface area (Å²) in [7, 11) is 0. The molecule has 0 bridgehead atoms. The Morgan fingerprint density at radius 3 is 2.58 bits per heavy atom. The van der Waals surface area contributed by atoms with E-state index in [0.717, 1.165) is 6.07 Å². The first-order valence-electron chi connectivity index (χ1n) is 11.1. The van der Waals surface area contributed by atoms with E-state index in [2.05, 4.69) is 20.1 Å². The van der Waals surface area contributed by atoms with Crippen LogP contribution < -0.4 is 17.1 Å². The van der Waals surface area contributed by atoms with Crippen molar-refractivity contribution in [3.05, 3.63) is 77.0 Å². The van der Waals surface area contributed by atoms with E-state index in [1.807, 2.05) is 12.1 Å². The lowest BCUT2D eigenvalue weighted by Crippen LogP contribution is -2.14. The van der Waals surface area contributed by atoms with Crippen LogP contribution in [0.4, 0.5) is 15.3 Å². The predicted octanol–water partition coefficient (Wildman–Crippen LogP) is 4.76. The molecule has 0 amide bonds. The fourth-order valence-electron chi connectivity index (χ4n) is 4.46. The number of aromatic hydroxyl groups is 1. The van der Waals surface area contributed by atoms with Gasteiger partial charge in [-0.25, -0.2) is 28.8 Å². The van der Waals surface area contributed by atoms with Gasteiger partial charge in [0.15, 0.2) is 10.8 Å². The summed E-state index contributed by atoms with van der Waals surface area (Å²) >= 11 is 1.26.